The average molecular weight is 433 g/mol. The summed E-state index contributed by atoms with van der Waals surface area (Å²) in [5.41, 5.74) is 14.9. The van der Waals surface area contributed by atoms with Crippen molar-refractivity contribution in [3.8, 4) is 22.5 Å². The van der Waals surface area contributed by atoms with Gasteiger partial charge in [-0.15, -0.1) is 0 Å². The Morgan fingerprint density at radius 2 is 1.84 bits per heavy atom. The molecule has 5 aromatic rings. The van der Waals surface area contributed by atoms with Crippen LogP contribution in [0.4, 0.5) is 10.2 Å². The fourth-order valence-electron chi connectivity index (χ4n) is 3.56. The first kappa shape index (κ1) is 19.0. The molecule has 0 fully saturated rings. The third-order valence-electron chi connectivity index (χ3n) is 4.93. The molecule has 2 aromatic carbocycles. The number of primary amides is 1. The molecule has 5 rings (SSSR count). The highest BCUT2D eigenvalue weighted by Gasteiger charge is 2.21. The Bertz CT molecular complexity index is 1500. The number of hydrogen-bond acceptors (Lipinski definition) is 5. The van der Waals surface area contributed by atoms with E-state index < -0.39 is 5.91 Å². The number of pyridine rings is 1. The van der Waals surface area contributed by atoms with Crippen molar-refractivity contribution in [1.29, 1.82) is 0 Å². The van der Waals surface area contributed by atoms with Gasteiger partial charge in [0.05, 0.1) is 21.9 Å². The number of nitrogens with two attached hydrogens (primary N) is 2. The number of rotatable bonds is 3. The van der Waals surface area contributed by atoms with Crippen molar-refractivity contribution in [1.82, 2.24) is 19.4 Å². The van der Waals surface area contributed by atoms with Crippen LogP contribution in [0.15, 0.2) is 60.9 Å². The van der Waals surface area contributed by atoms with Gasteiger partial charge >= 0.3 is 0 Å². The molecule has 0 aliphatic carbocycles. The van der Waals surface area contributed by atoms with E-state index in [4.69, 9.17) is 23.1 Å². The second-order valence-electron chi connectivity index (χ2n) is 6.92. The van der Waals surface area contributed by atoms with Crippen LogP contribution >= 0.6 is 11.6 Å². The van der Waals surface area contributed by atoms with Crippen LogP contribution < -0.4 is 11.5 Å². The van der Waals surface area contributed by atoms with E-state index in [0.29, 0.717) is 33.1 Å². The van der Waals surface area contributed by atoms with Gasteiger partial charge in [0.2, 0.25) is 0 Å². The maximum absolute atomic E-state index is 13.5. The Hall–Kier alpha value is -4.04. The molecule has 1 amide bonds. The normalized spacial score (nSPS) is 11.3. The Morgan fingerprint density at radius 3 is 2.58 bits per heavy atom. The number of amides is 1. The zero-order valence-electron chi connectivity index (χ0n) is 15.9. The van der Waals surface area contributed by atoms with Gasteiger partial charge in [0.25, 0.3) is 5.91 Å². The van der Waals surface area contributed by atoms with E-state index in [2.05, 4.69) is 15.0 Å². The van der Waals surface area contributed by atoms with Crippen LogP contribution in [-0.2, 0) is 0 Å². The van der Waals surface area contributed by atoms with E-state index in [0.717, 1.165) is 5.39 Å². The fraction of sp³-hybridized carbons (Fsp3) is 0. The quantitative estimate of drug-likeness (QED) is 0.446. The number of imidazole rings is 1. The number of fused-ring (bicyclic) bond motifs is 2. The minimum absolute atomic E-state index is 0.0413. The lowest BCUT2D eigenvalue weighted by Crippen LogP contribution is -2.10. The molecule has 0 saturated carbocycles. The molecule has 0 atom stereocenters. The molecule has 0 spiro atoms. The van der Waals surface area contributed by atoms with E-state index in [1.807, 2.05) is 18.2 Å². The number of benzene rings is 2. The number of anilines is 1. The molecule has 0 aliphatic rings. The highest BCUT2D eigenvalue weighted by molar-refractivity contribution is 6.35. The summed E-state index contributed by atoms with van der Waals surface area (Å²) in [5, 5.41) is 1.26. The molecule has 0 saturated heterocycles. The summed E-state index contributed by atoms with van der Waals surface area (Å²) >= 11 is 6.51. The first-order chi connectivity index (χ1) is 14.9. The second-order valence-corrected chi connectivity index (χ2v) is 7.33. The third kappa shape index (κ3) is 3.13. The minimum atomic E-state index is -0.696. The smallest absolute Gasteiger partial charge is 0.268 e. The van der Waals surface area contributed by atoms with Crippen molar-refractivity contribution in [2.45, 2.75) is 0 Å². The molecule has 0 radical (unpaired) electrons. The van der Waals surface area contributed by atoms with E-state index >= 15 is 0 Å². The number of carbonyl (C=O) groups excluding carboxylic acids is 1. The predicted molar refractivity (Wildman–Crippen MR) is 117 cm³/mol. The first-order valence-electron chi connectivity index (χ1n) is 9.21. The number of nitrogen functional groups attached to an aromatic ring is 1. The van der Waals surface area contributed by atoms with E-state index in [-0.39, 0.29) is 23.0 Å². The van der Waals surface area contributed by atoms with Crippen LogP contribution in [0.5, 0.6) is 0 Å². The summed E-state index contributed by atoms with van der Waals surface area (Å²) in [4.78, 5) is 24.8. The predicted octanol–water partition coefficient (Wildman–Crippen LogP) is 4.09. The maximum atomic E-state index is 13.5. The van der Waals surface area contributed by atoms with E-state index in [1.54, 1.807) is 28.8 Å². The molecule has 4 N–H and O–H groups in total. The van der Waals surface area contributed by atoms with Gasteiger partial charge < -0.3 is 11.5 Å². The van der Waals surface area contributed by atoms with Crippen LogP contribution in [0.25, 0.3) is 39.1 Å². The molecule has 3 aromatic heterocycles. The lowest BCUT2D eigenvalue weighted by atomic mass is 10.0. The van der Waals surface area contributed by atoms with Gasteiger partial charge in [-0.1, -0.05) is 17.7 Å². The van der Waals surface area contributed by atoms with E-state index in [1.165, 1.54) is 18.3 Å². The summed E-state index contributed by atoms with van der Waals surface area (Å²) in [6.07, 6.45) is 3.16. The Labute approximate surface area is 180 Å². The standard InChI is InChI=1S/C22H14ClFN6O/c23-15-9-13(8-12-2-1-7-27-17(12)15)19-18(11-3-5-14(24)6-4-11)29-20(25)22-28-16(21(26)31)10-30(19)22/h1-10H,(H2,25,29)(H2,26,31). The van der Waals surface area contributed by atoms with Crippen LogP contribution in [0.2, 0.25) is 5.02 Å². The summed E-state index contributed by atoms with van der Waals surface area (Å²) in [5.74, 6) is -0.972. The summed E-state index contributed by atoms with van der Waals surface area (Å²) < 4.78 is 15.2. The van der Waals surface area contributed by atoms with Crippen molar-refractivity contribution >= 4 is 39.9 Å². The molecule has 0 bridgehead atoms. The summed E-state index contributed by atoms with van der Waals surface area (Å²) in [7, 11) is 0. The summed E-state index contributed by atoms with van der Waals surface area (Å²) in [6.45, 7) is 0. The van der Waals surface area contributed by atoms with E-state index in [9.17, 15) is 9.18 Å². The van der Waals surface area contributed by atoms with Gasteiger partial charge in [0.15, 0.2) is 11.5 Å². The molecule has 7 nitrogen and oxygen atoms in total. The molecule has 31 heavy (non-hydrogen) atoms. The largest absolute Gasteiger partial charge is 0.381 e. The maximum Gasteiger partial charge on any atom is 0.268 e. The summed E-state index contributed by atoms with van der Waals surface area (Å²) in [6, 6.07) is 13.2. The van der Waals surface area contributed by atoms with Crippen molar-refractivity contribution < 1.29 is 9.18 Å². The molecule has 0 unspecified atom stereocenters. The second kappa shape index (κ2) is 7.03. The average Bonchev–Trinajstić information content (AvgIpc) is 3.20. The van der Waals surface area contributed by atoms with Crippen LogP contribution in [0, 0.1) is 5.82 Å². The van der Waals surface area contributed by atoms with Gasteiger partial charge in [0, 0.05) is 28.9 Å². The SMILES string of the molecule is NC(=O)c1cn2c(-c3cc(Cl)c4ncccc4c3)c(-c3ccc(F)cc3)nc(N)c2n1. The Kier molecular flexibility index (Phi) is 4.30. The minimum Gasteiger partial charge on any atom is -0.381 e. The molecular weight excluding hydrogens is 419 g/mol. The van der Waals surface area contributed by atoms with Gasteiger partial charge in [-0.05, 0) is 42.5 Å². The number of halogens is 2. The first-order valence-corrected chi connectivity index (χ1v) is 9.59. The van der Waals surface area contributed by atoms with Crippen molar-refractivity contribution in [2.24, 2.45) is 5.73 Å². The highest BCUT2D eigenvalue weighted by atomic mass is 35.5. The Balaban J connectivity index is 1.90. The lowest BCUT2D eigenvalue weighted by molar-refractivity contribution is 0.0996. The highest BCUT2D eigenvalue weighted by Crippen LogP contribution is 2.36. The van der Waals surface area contributed by atoms with Gasteiger partial charge in [-0.3, -0.25) is 14.2 Å². The Morgan fingerprint density at radius 1 is 1.06 bits per heavy atom. The van der Waals surface area contributed by atoms with Crippen molar-refractivity contribution in [3.63, 3.8) is 0 Å². The fourth-order valence-corrected chi connectivity index (χ4v) is 3.83. The van der Waals surface area contributed by atoms with Crippen LogP contribution in [0.1, 0.15) is 10.5 Å². The molecule has 0 aliphatic heterocycles. The van der Waals surface area contributed by atoms with Crippen LogP contribution in [-0.4, -0.2) is 25.3 Å². The number of carbonyl (C=O) groups is 1. The van der Waals surface area contributed by atoms with Crippen molar-refractivity contribution in [3.05, 3.63) is 77.5 Å². The molecular formula is C22H14ClFN6O. The zero-order valence-corrected chi connectivity index (χ0v) is 16.6. The topological polar surface area (TPSA) is 112 Å². The zero-order chi connectivity index (χ0) is 21.7. The molecule has 9 heteroatoms. The third-order valence-corrected chi connectivity index (χ3v) is 5.22. The number of aromatic nitrogens is 4. The van der Waals surface area contributed by atoms with Crippen LogP contribution in [0.3, 0.4) is 0 Å². The van der Waals surface area contributed by atoms with Gasteiger partial charge in [0.1, 0.15) is 11.5 Å². The lowest BCUT2D eigenvalue weighted by Gasteiger charge is -2.14. The van der Waals surface area contributed by atoms with Gasteiger partial charge in [-0.2, -0.15) is 0 Å². The number of nitrogens with zero attached hydrogens (tertiary/aromatic N) is 4. The van der Waals surface area contributed by atoms with Gasteiger partial charge in [-0.25, -0.2) is 14.4 Å². The number of hydrogen-bond donors (Lipinski definition) is 2. The molecule has 3 heterocycles. The molecule has 152 valence electrons. The monoisotopic (exact) mass is 432 g/mol. The van der Waals surface area contributed by atoms with Crippen molar-refractivity contribution in [2.75, 3.05) is 5.73 Å².